The number of rotatable bonds is 2. The third-order valence-corrected chi connectivity index (χ3v) is 2.57. The Morgan fingerprint density at radius 1 is 1.15 bits per heavy atom. The van der Waals surface area contributed by atoms with Gasteiger partial charge in [0.05, 0.1) is 17.6 Å². The molecule has 2 amide bonds. The number of phenols is 1. The molecule has 0 aliphatic heterocycles. The van der Waals surface area contributed by atoms with Crippen molar-refractivity contribution in [2.75, 3.05) is 10.6 Å². The first-order chi connectivity index (χ1) is 9.56. The lowest BCUT2D eigenvalue weighted by Crippen LogP contribution is -2.29. The van der Waals surface area contributed by atoms with Gasteiger partial charge in [-0.05, 0) is 30.3 Å². The maximum absolute atomic E-state index is 11.7. The minimum Gasteiger partial charge on any atom is -0.506 e. The van der Waals surface area contributed by atoms with Gasteiger partial charge in [0.2, 0.25) is 0 Å². The summed E-state index contributed by atoms with van der Waals surface area (Å²) in [6, 6.07) is 7.33. The second-order valence-corrected chi connectivity index (χ2v) is 4.25. The summed E-state index contributed by atoms with van der Waals surface area (Å²) in [4.78, 5) is 27.1. The van der Waals surface area contributed by atoms with Crippen molar-refractivity contribution in [2.24, 2.45) is 0 Å². The first-order valence-corrected chi connectivity index (χ1v) is 5.95. The highest BCUT2D eigenvalue weighted by molar-refractivity contribution is 6.44. The second kappa shape index (κ2) is 6.03. The van der Waals surface area contributed by atoms with Crippen molar-refractivity contribution in [3.05, 3.63) is 47.7 Å². The summed E-state index contributed by atoms with van der Waals surface area (Å²) in [5.74, 6) is -1.99. The fraction of sp³-hybridized carbons (Fsp3) is 0. The Hall–Kier alpha value is -2.60. The lowest BCUT2D eigenvalue weighted by Gasteiger charge is -2.08. The van der Waals surface area contributed by atoms with E-state index >= 15 is 0 Å². The molecule has 3 N–H and O–H groups in total. The third-order valence-electron chi connectivity index (χ3n) is 2.33. The number of pyridine rings is 1. The molecular formula is C13H10ClN3O3. The van der Waals surface area contributed by atoms with E-state index in [0.717, 1.165) is 0 Å². The maximum Gasteiger partial charge on any atom is 0.314 e. The highest BCUT2D eigenvalue weighted by atomic mass is 35.5. The number of carbonyl (C=O) groups is 2. The van der Waals surface area contributed by atoms with E-state index in [0.29, 0.717) is 10.7 Å². The van der Waals surface area contributed by atoms with Crippen LogP contribution in [-0.4, -0.2) is 21.9 Å². The molecule has 0 fully saturated rings. The van der Waals surface area contributed by atoms with Gasteiger partial charge in [-0.15, -0.1) is 0 Å². The molecule has 0 aliphatic carbocycles. The van der Waals surface area contributed by atoms with Crippen LogP contribution in [0.25, 0.3) is 0 Å². The lowest BCUT2D eigenvalue weighted by molar-refractivity contribution is -0.133. The highest BCUT2D eigenvalue weighted by Crippen LogP contribution is 2.26. The minimum atomic E-state index is -0.925. The predicted molar refractivity (Wildman–Crippen MR) is 74.6 cm³/mol. The van der Waals surface area contributed by atoms with Crippen LogP contribution in [0.3, 0.4) is 0 Å². The van der Waals surface area contributed by atoms with E-state index in [-0.39, 0.29) is 11.4 Å². The molecule has 0 aliphatic rings. The van der Waals surface area contributed by atoms with Crippen LogP contribution < -0.4 is 10.6 Å². The van der Waals surface area contributed by atoms with Crippen LogP contribution in [0.2, 0.25) is 5.02 Å². The molecule has 0 saturated carbocycles. The van der Waals surface area contributed by atoms with Gasteiger partial charge >= 0.3 is 11.8 Å². The molecule has 0 radical (unpaired) electrons. The number of aromatic nitrogens is 1. The van der Waals surface area contributed by atoms with Crippen LogP contribution >= 0.6 is 11.6 Å². The van der Waals surface area contributed by atoms with Gasteiger partial charge in [-0.2, -0.15) is 0 Å². The zero-order valence-electron chi connectivity index (χ0n) is 10.1. The molecular weight excluding hydrogens is 282 g/mol. The summed E-state index contributed by atoms with van der Waals surface area (Å²) < 4.78 is 0. The molecule has 2 rings (SSSR count). The number of nitrogens with zero attached hydrogens (tertiary/aromatic N) is 1. The van der Waals surface area contributed by atoms with Crippen molar-refractivity contribution in [3.8, 4) is 5.75 Å². The van der Waals surface area contributed by atoms with Crippen LogP contribution in [0.1, 0.15) is 0 Å². The van der Waals surface area contributed by atoms with Crippen molar-refractivity contribution < 1.29 is 14.7 Å². The number of nitrogens with one attached hydrogen (secondary N) is 2. The van der Waals surface area contributed by atoms with E-state index in [1.165, 1.54) is 24.4 Å². The number of carbonyl (C=O) groups excluding carboxylic acids is 2. The number of hydrogen-bond donors (Lipinski definition) is 3. The van der Waals surface area contributed by atoms with E-state index in [1.54, 1.807) is 18.3 Å². The summed E-state index contributed by atoms with van der Waals surface area (Å²) in [6.07, 6.45) is 2.95. The van der Waals surface area contributed by atoms with Crippen LogP contribution in [0.4, 0.5) is 11.4 Å². The molecule has 0 atom stereocenters. The topological polar surface area (TPSA) is 91.3 Å². The van der Waals surface area contributed by atoms with Crippen LogP contribution in [0.15, 0.2) is 42.7 Å². The van der Waals surface area contributed by atoms with Crippen molar-refractivity contribution in [3.63, 3.8) is 0 Å². The van der Waals surface area contributed by atoms with Crippen molar-refractivity contribution in [1.29, 1.82) is 0 Å². The number of amides is 2. The van der Waals surface area contributed by atoms with Gasteiger partial charge < -0.3 is 15.7 Å². The maximum atomic E-state index is 11.7. The second-order valence-electron chi connectivity index (χ2n) is 3.81. The van der Waals surface area contributed by atoms with Crippen LogP contribution in [0, 0.1) is 0 Å². The minimum absolute atomic E-state index is 0.0591. The molecule has 0 saturated heterocycles. The monoisotopic (exact) mass is 291 g/mol. The van der Waals surface area contributed by atoms with Crippen LogP contribution in [-0.2, 0) is 9.59 Å². The van der Waals surface area contributed by atoms with Gasteiger partial charge in [-0.3, -0.25) is 14.6 Å². The van der Waals surface area contributed by atoms with Gasteiger partial charge in [0, 0.05) is 11.2 Å². The SMILES string of the molecule is O=C(Nc1cccnc1)C(=O)Nc1cc(Cl)ccc1O. The summed E-state index contributed by atoms with van der Waals surface area (Å²) in [6.45, 7) is 0. The standard InChI is InChI=1S/C13H10ClN3O3/c14-8-3-4-11(18)10(6-8)17-13(20)12(19)16-9-2-1-5-15-7-9/h1-7,18H,(H,16,19)(H,17,20). The normalized spacial score (nSPS) is 9.85. The molecule has 0 spiro atoms. The molecule has 2 aromatic rings. The summed E-state index contributed by atoms with van der Waals surface area (Å²) >= 11 is 5.74. The Morgan fingerprint density at radius 3 is 2.60 bits per heavy atom. The average molecular weight is 292 g/mol. The Bertz CT molecular complexity index is 647. The van der Waals surface area contributed by atoms with Gasteiger partial charge in [0.25, 0.3) is 0 Å². The molecule has 1 aromatic heterocycles. The number of benzene rings is 1. The van der Waals surface area contributed by atoms with Crippen molar-refractivity contribution in [2.45, 2.75) is 0 Å². The molecule has 0 unspecified atom stereocenters. The van der Waals surface area contributed by atoms with Crippen molar-refractivity contribution >= 4 is 34.8 Å². The zero-order chi connectivity index (χ0) is 14.5. The number of halogens is 1. The van der Waals surface area contributed by atoms with Gasteiger partial charge in [-0.25, -0.2) is 0 Å². The van der Waals surface area contributed by atoms with Gasteiger partial charge in [-0.1, -0.05) is 11.6 Å². The van der Waals surface area contributed by atoms with Gasteiger partial charge in [0.1, 0.15) is 5.75 Å². The number of aromatic hydroxyl groups is 1. The molecule has 1 heterocycles. The first kappa shape index (κ1) is 13.8. The Kier molecular flexibility index (Phi) is 4.17. The molecule has 102 valence electrons. The smallest absolute Gasteiger partial charge is 0.314 e. The summed E-state index contributed by atoms with van der Waals surface area (Å²) in [7, 11) is 0. The largest absolute Gasteiger partial charge is 0.506 e. The Balaban J connectivity index is 2.04. The number of phenolic OH excluding ortho intramolecular Hbond substituents is 1. The fourth-order valence-electron chi connectivity index (χ4n) is 1.41. The van der Waals surface area contributed by atoms with Gasteiger partial charge in [0.15, 0.2) is 0 Å². The van der Waals surface area contributed by atoms with E-state index in [9.17, 15) is 14.7 Å². The molecule has 20 heavy (non-hydrogen) atoms. The highest BCUT2D eigenvalue weighted by Gasteiger charge is 2.15. The molecule has 7 heteroatoms. The zero-order valence-corrected chi connectivity index (χ0v) is 10.9. The van der Waals surface area contributed by atoms with Crippen LogP contribution in [0.5, 0.6) is 5.75 Å². The molecule has 0 bridgehead atoms. The van der Waals surface area contributed by atoms with E-state index in [1.807, 2.05) is 0 Å². The quantitative estimate of drug-likeness (QED) is 0.583. The Morgan fingerprint density at radius 2 is 1.90 bits per heavy atom. The number of anilines is 2. The van der Waals surface area contributed by atoms with Crippen molar-refractivity contribution in [1.82, 2.24) is 4.98 Å². The lowest BCUT2D eigenvalue weighted by atomic mass is 10.3. The summed E-state index contributed by atoms with van der Waals surface area (Å²) in [5, 5.41) is 14.5. The summed E-state index contributed by atoms with van der Waals surface area (Å²) in [5.41, 5.74) is 0.451. The average Bonchev–Trinajstić information content (AvgIpc) is 2.44. The molecule has 6 nitrogen and oxygen atoms in total. The third kappa shape index (κ3) is 3.46. The molecule has 1 aromatic carbocycles. The van der Waals surface area contributed by atoms with E-state index in [2.05, 4.69) is 15.6 Å². The predicted octanol–water partition coefficient (Wildman–Crippen LogP) is 2.02. The Labute approximate surface area is 119 Å². The van der Waals surface area contributed by atoms with E-state index in [4.69, 9.17) is 11.6 Å². The fourth-order valence-corrected chi connectivity index (χ4v) is 1.58. The first-order valence-electron chi connectivity index (χ1n) is 5.57. The van der Waals surface area contributed by atoms with E-state index < -0.39 is 11.8 Å². The number of hydrogen-bond acceptors (Lipinski definition) is 4.